The molecule has 0 bridgehead atoms. The number of rotatable bonds is 6. The van der Waals surface area contributed by atoms with E-state index >= 15 is 0 Å². The molecule has 0 aliphatic heterocycles. The lowest BCUT2D eigenvalue weighted by Gasteiger charge is -2.16. The van der Waals surface area contributed by atoms with Crippen LogP contribution in [-0.2, 0) is 0 Å². The van der Waals surface area contributed by atoms with Crippen LogP contribution in [0.5, 0.6) is 0 Å². The summed E-state index contributed by atoms with van der Waals surface area (Å²) in [6.07, 6.45) is 3.00. The number of aromatic amines is 1. The summed E-state index contributed by atoms with van der Waals surface area (Å²) in [5.74, 6) is -1.94. The van der Waals surface area contributed by atoms with Crippen LogP contribution >= 0.6 is 0 Å². The third-order valence-electron chi connectivity index (χ3n) is 4.74. The molecule has 1 aliphatic rings. The van der Waals surface area contributed by atoms with Crippen molar-refractivity contribution in [2.24, 2.45) is 0 Å². The first-order valence-electron chi connectivity index (χ1n) is 8.92. The SMILES string of the molecule is C[C@H](Nc1nc(N)c(F)c(-c2cc(C3CC3)[nH]n2)c1[N+](=O)[O-])c1ccc(F)cn1. The number of H-pyrrole nitrogens is 1. The molecule has 4 N–H and O–H groups in total. The third kappa shape index (κ3) is 3.58. The van der Waals surface area contributed by atoms with Crippen LogP contribution in [0.1, 0.15) is 43.1 Å². The Morgan fingerprint density at radius 2 is 2.14 bits per heavy atom. The number of nitrogen functional groups attached to an aromatic ring is 1. The van der Waals surface area contributed by atoms with E-state index in [-0.39, 0.29) is 17.1 Å². The highest BCUT2D eigenvalue weighted by Crippen LogP contribution is 2.43. The third-order valence-corrected chi connectivity index (χ3v) is 4.74. The number of aromatic nitrogens is 4. The first kappa shape index (κ1) is 18.7. The van der Waals surface area contributed by atoms with Gasteiger partial charge in [0.2, 0.25) is 5.82 Å². The molecular formula is C18H17F2N7O2. The van der Waals surface area contributed by atoms with Crippen LogP contribution < -0.4 is 11.1 Å². The second kappa shape index (κ2) is 7.08. The van der Waals surface area contributed by atoms with E-state index in [9.17, 15) is 18.9 Å². The van der Waals surface area contributed by atoms with E-state index < -0.39 is 34.1 Å². The van der Waals surface area contributed by atoms with Crippen molar-refractivity contribution >= 4 is 17.3 Å². The second-order valence-corrected chi connectivity index (χ2v) is 6.89. The van der Waals surface area contributed by atoms with Crippen LogP contribution in [0.4, 0.5) is 26.1 Å². The van der Waals surface area contributed by atoms with Crippen molar-refractivity contribution in [3.05, 3.63) is 57.5 Å². The predicted octanol–water partition coefficient (Wildman–Crippen LogP) is 3.69. The van der Waals surface area contributed by atoms with Crippen LogP contribution in [0.15, 0.2) is 24.4 Å². The summed E-state index contributed by atoms with van der Waals surface area (Å²) >= 11 is 0. The second-order valence-electron chi connectivity index (χ2n) is 6.89. The summed E-state index contributed by atoms with van der Waals surface area (Å²) in [5.41, 5.74) is 6.06. The Hall–Kier alpha value is -3.63. The number of nitro groups is 1. The van der Waals surface area contributed by atoms with Gasteiger partial charge in [-0.1, -0.05) is 0 Å². The quantitative estimate of drug-likeness (QED) is 0.423. The van der Waals surface area contributed by atoms with Gasteiger partial charge in [-0.2, -0.15) is 5.10 Å². The number of nitrogens with zero attached hydrogens (tertiary/aromatic N) is 4. The van der Waals surface area contributed by atoms with Gasteiger partial charge in [-0.3, -0.25) is 20.2 Å². The van der Waals surface area contributed by atoms with E-state index in [0.717, 1.165) is 24.7 Å². The van der Waals surface area contributed by atoms with Gasteiger partial charge in [0.1, 0.15) is 17.1 Å². The van der Waals surface area contributed by atoms with E-state index in [1.165, 1.54) is 12.1 Å². The Morgan fingerprint density at radius 1 is 1.38 bits per heavy atom. The highest BCUT2D eigenvalue weighted by atomic mass is 19.1. The zero-order valence-corrected chi connectivity index (χ0v) is 15.3. The molecule has 0 amide bonds. The molecule has 3 aromatic heterocycles. The smallest absolute Gasteiger partial charge is 0.323 e. The van der Waals surface area contributed by atoms with Crippen LogP contribution in [0.25, 0.3) is 11.3 Å². The molecular weight excluding hydrogens is 384 g/mol. The zero-order chi connectivity index (χ0) is 20.7. The standard InChI is InChI=1S/C18H17F2N7O2/c1-8(11-5-4-10(19)7-22-11)23-18-16(27(28)29)14(15(20)17(21)24-18)13-6-12(25-26-13)9-2-3-9/h4-9H,2-3H2,1H3,(H,25,26)(H3,21,23,24)/t8-/m0/s1. The van der Waals surface area contributed by atoms with Crippen LogP contribution in [-0.4, -0.2) is 25.1 Å². The Bertz CT molecular complexity index is 1080. The number of nitrogens with one attached hydrogen (secondary N) is 2. The van der Waals surface area contributed by atoms with Crippen molar-refractivity contribution in [2.45, 2.75) is 31.7 Å². The molecule has 0 saturated heterocycles. The fraction of sp³-hybridized carbons (Fsp3) is 0.278. The average Bonchev–Trinajstić information content (AvgIpc) is 3.42. The van der Waals surface area contributed by atoms with E-state index in [1.807, 2.05) is 0 Å². The fourth-order valence-corrected chi connectivity index (χ4v) is 3.08. The molecule has 0 aromatic carbocycles. The van der Waals surface area contributed by atoms with Crippen LogP contribution in [0.3, 0.4) is 0 Å². The molecule has 0 unspecified atom stereocenters. The number of halogens is 2. The molecule has 150 valence electrons. The molecule has 1 fully saturated rings. The number of anilines is 2. The van der Waals surface area contributed by atoms with E-state index in [2.05, 4.69) is 25.5 Å². The molecule has 4 rings (SSSR count). The van der Waals surface area contributed by atoms with Crippen LogP contribution in [0, 0.1) is 21.7 Å². The van der Waals surface area contributed by atoms with Gasteiger partial charge in [0.05, 0.1) is 22.9 Å². The summed E-state index contributed by atoms with van der Waals surface area (Å²) < 4.78 is 27.9. The molecule has 29 heavy (non-hydrogen) atoms. The van der Waals surface area contributed by atoms with Crippen molar-refractivity contribution in [3.63, 3.8) is 0 Å². The Labute approximate surface area is 163 Å². The van der Waals surface area contributed by atoms with Crippen molar-refractivity contribution in [1.82, 2.24) is 20.2 Å². The molecule has 1 saturated carbocycles. The maximum absolute atomic E-state index is 14.8. The molecule has 1 aliphatic carbocycles. The highest BCUT2D eigenvalue weighted by molar-refractivity contribution is 5.81. The van der Waals surface area contributed by atoms with E-state index in [4.69, 9.17) is 5.73 Å². The van der Waals surface area contributed by atoms with Crippen LogP contribution in [0.2, 0.25) is 0 Å². The lowest BCUT2D eigenvalue weighted by atomic mass is 10.1. The lowest BCUT2D eigenvalue weighted by molar-refractivity contribution is -0.383. The molecule has 3 aromatic rings. The number of nitrogens with two attached hydrogens (primary N) is 1. The van der Waals surface area contributed by atoms with Gasteiger partial charge in [0.25, 0.3) is 0 Å². The van der Waals surface area contributed by atoms with Gasteiger partial charge in [0.15, 0.2) is 11.6 Å². The summed E-state index contributed by atoms with van der Waals surface area (Å²) in [6, 6.07) is 3.66. The molecule has 11 heteroatoms. The van der Waals surface area contributed by atoms with Crippen molar-refractivity contribution in [2.75, 3.05) is 11.1 Å². The van der Waals surface area contributed by atoms with Gasteiger partial charge in [0, 0.05) is 11.6 Å². The van der Waals surface area contributed by atoms with E-state index in [1.54, 1.807) is 13.0 Å². The molecule has 0 radical (unpaired) electrons. The Morgan fingerprint density at radius 3 is 2.76 bits per heavy atom. The van der Waals surface area contributed by atoms with Crippen molar-refractivity contribution < 1.29 is 13.7 Å². The van der Waals surface area contributed by atoms with Gasteiger partial charge >= 0.3 is 5.69 Å². The largest absolute Gasteiger partial charge is 0.381 e. The highest BCUT2D eigenvalue weighted by Gasteiger charge is 2.33. The molecule has 0 spiro atoms. The maximum Gasteiger partial charge on any atom is 0.323 e. The first-order chi connectivity index (χ1) is 13.8. The number of hydrogen-bond donors (Lipinski definition) is 3. The van der Waals surface area contributed by atoms with E-state index in [0.29, 0.717) is 11.6 Å². The molecule has 1 atom stereocenters. The minimum atomic E-state index is -1.01. The van der Waals surface area contributed by atoms with Gasteiger partial charge in [-0.05, 0) is 38.0 Å². The number of hydrogen-bond acceptors (Lipinski definition) is 7. The van der Waals surface area contributed by atoms with Crippen molar-refractivity contribution in [1.29, 1.82) is 0 Å². The molecule has 3 heterocycles. The Balaban J connectivity index is 1.78. The van der Waals surface area contributed by atoms with Gasteiger partial charge < -0.3 is 11.1 Å². The van der Waals surface area contributed by atoms with Gasteiger partial charge in [-0.25, -0.2) is 13.8 Å². The summed E-state index contributed by atoms with van der Waals surface area (Å²) in [7, 11) is 0. The summed E-state index contributed by atoms with van der Waals surface area (Å²) in [5, 5.41) is 21.5. The molecule has 9 nitrogen and oxygen atoms in total. The predicted molar refractivity (Wildman–Crippen MR) is 101 cm³/mol. The monoisotopic (exact) mass is 401 g/mol. The first-order valence-corrected chi connectivity index (χ1v) is 8.92. The van der Waals surface area contributed by atoms with Gasteiger partial charge in [-0.15, -0.1) is 0 Å². The summed E-state index contributed by atoms with van der Waals surface area (Å²) in [6.45, 7) is 1.66. The topological polar surface area (TPSA) is 136 Å². The Kier molecular flexibility index (Phi) is 4.57. The lowest BCUT2D eigenvalue weighted by Crippen LogP contribution is -2.14. The minimum Gasteiger partial charge on any atom is -0.381 e. The number of pyridine rings is 2. The zero-order valence-electron chi connectivity index (χ0n) is 15.3. The average molecular weight is 401 g/mol. The van der Waals surface area contributed by atoms with Crippen molar-refractivity contribution in [3.8, 4) is 11.3 Å². The minimum absolute atomic E-state index is 0.0841. The maximum atomic E-state index is 14.8. The summed E-state index contributed by atoms with van der Waals surface area (Å²) in [4.78, 5) is 18.8. The normalized spacial score (nSPS) is 14.6. The fourth-order valence-electron chi connectivity index (χ4n) is 3.08.